The Hall–Kier alpha value is -3.42. The van der Waals surface area contributed by atoms with E-state index in [0.29, 0.717) is 16.9 Å². The van der Waals surface area contributed by atoms with Crippen LogP contribution in [0.4, 0.5) is 17.1 Å². The van der Waals surface area contributed by atoms with Crippen molar-refractivity contribution in [2.75, 3.05) is 41.3 Å². The lowest BCUT2D eigenvalue weighted by molar-refractivity contribution is -0.123. The predicted octanol–water partition coefficient (Wildman–Crippen LogP) is 2.66. The second-order valence-electron chi connectivity index (χ2n) is 8.62. The number of nitrogens with zero attached hydrogens (tertiary/aromatic N) is 4. The highest BCUT2D eigenvalue weighted by atomic mass is 16.2. The number of carbonyl (C=O) groups is 3. The number of nitrogens with one attached hydrogen (secondary N) is 1. The van der Waals surface area contributed by atoms with Crippen molar-refractivity contribution in [1.29, 1.82) is 0 Å². The maximum atomic E-state index is 13.4. The number of likely N-dealkylation sites (tertiary alicyclic amines) is 1. The standard InChI is InChI=1S/C24H27N5O3/c30-22(26-18-8-10-25-11-9-18)16-29-21-15-17(23(31)27-12-3-4-13-27)6-7-19(21)28-14-2-1-5-20(28)24(29)32/h6-11,15,20H,1-5,12-14,16H2,(H,25,26,30). The van der Waals surface area contributed by atoms with Gasteiger partial charge in [-0.05, 0) is 62.4 Å². The number of aromatic nitrogens is 1. The van der Waals surface area contributed by atoms with E-state index < -0.39 is 0 Å². The molecule has 1 aromatic carbocycles. The van der Waals surface area contributed by atoms with Crippen molar-refractivity contribution in [2.45, 2.75) is 38.1 Å². The maximum Gasteiger partial charge on any atom is 0.253 e. The van der Waals surface area contributed by atoms with E-state index in [-0.39, 0.29) is 30.3 Å². The van der Waals surface area contributed by atoms with Gasteiger partial charge in [0.25, 0.3) is 5.91 Å². The van der Waals surface area contributed by atoms with Crippen LogP contribution in [0.25, 0.3) is 0 Å². The molecule has 2 aromatic rings. The number of hydrogen-bond donors (Lipinski definition) is 1. The molecule has 4 heterocycles. The molecule has 0 spiro atoms. The van der Waals surface area contributed by atoms with Crippen molar-refractivity contribution in [3.8, 4) is 0 Å². The molecule has 32 heavy (non-hydrogen) atoms. The van der Waals surface area contributed by atoms with Gasteiger partial charge in [-0.2, -0.15) is 0 Å². The molecule has 1 atom stereocenters. The van der Waals surface area contributed by atoms with Crippen molar-refractivity contribution in [2.24, 2.45) is 0 Å². The molecule has 3 aliphatic rings. The molecule has 3 aliphatic heterocycles. The molecule has 166 valence electrons. The maximum absolute atomic E-state index is 13.4. The van der Waals surface area contributed by atoms with Crippen LogP contribution >= 0.6 is 0 Å². The number of amides is 3. The molecule has 0 radical (unpaired) electrons. The predicted molar refractivity (Wildman–Crippen MR) is 122 cm³/mol. The first-order chi connectivity index (χ1) is 15.6. The largest absolute Gasteiger partial charge is 0.358 e. The Morgan fingerprint density at radius 3 is 2.50 bits per heavy atom. The fourth-order valence-corrected chi connectivity index (χ4v) is 4.94. The van der Waals surface area contributed by atoms with Gasteiger partial charge in [0.05, 0.1) is 11.4 Å². The van der Waals surface area contributed by atoms with Crippen LogP contribution in [0.2, 0.25) is 0 Å². The summed E-state index contributed by atoms with van der Waals surface area (Å²) < 4.78 is 0. The van der Waals surface area contributed by atoms with E-state index in [4.69, 9.17) is 0 Å². The number of rotatable bonds is 4. The molecule has 0 saturated carbocycles. The Morgan fingerprint density at radius 1 is 0.969 bits per heavy atom. The van der Waals surface area contributed by atoms with Gasteiger partial charge in [0, 0.05) is 43.3 Å². The van der Waals surface area contributed by atoms with Crippen LogP contribution in [0.5, 0.6) is 0 Å². The lowest BCUT2D eigenvalue weighted by Crippen LogP contribution is -2.56. The zero-order chi connectivity index (χ0) is 22.1. The average molecular weight is 434 g/mol. The van der Waals surface area contributed by atoms with E-state index in [1.165, 1.54) is 0 Å². The number of hydrogen-bond acceptors (Lipinski definition) is 5. The first-order valence-corrected chi connectivity index (χ1v) is 11.3. The molecular formula is C24H27N5O3. The van der Waals surface area contributed by atoms with Crippen LogP contribution in [0.1, 0.15) is 42.5 Å². The van der Waals surface area contributed by atoms with Gasteiger partial charge in [0.1, 0.15) is 12.6 Å². The minimum Gasteiger partial charge on any atom is -0.358 e. The summed E-state index contributed by atoms with van der Waals surface area (Å²) in [5.74, 6) is -0.372. The van der Waals surface area contributed by atoms with Crippen molar-refractivity contribution in [3.63, 3.8) is 0 Å². The van der Waals surface area contributed by atoms with Gasteiger partial charge >= 0.3 is 0 Å². The number of carbonyl (C=O) groups excluding carboxylic acids is 3. The molecule has 1 N–H and O–H groups in total. The molecule has 3 amide bonds. The average Bonchev–Trinajstić information content (AvgIpc) is 3.37. The van der Waals surface area contributed by atoms with Crippen LogP contribution in [0, 0.1) is 0 Å². The third-order valence-corrected chi connectivity index (χ3v) is 6.54. The van der Waals surface area contributed by atoms with Gasteiger partial charge in [-0.25, -0.2) is 0 Å². The van der Waals surface area contributed by atoms with E-state index >= 15 is 0 Å². The third kappa shape index (κ3) is 3.81. The summed E-state index contributed by atoms with van der Waals surface area (Å²) >= 11 is 0. The molecule has 0 bridgehead atoms. The minimum atomic E-state index is -0.281. The topological polar surface area (TPSA) is 85.9 Å². The molecule has 8 heteroatoms. The molecule has 2 saturated heterocycles. The van der Waals surface area contributed by atoms with Gasteiger partial charge in [-0.1, -0.05) is 0 Å². The Kier molecular flexibility index (Phi) is 5.51. The van der Waals surface area contributed by atoms with E-state index in [0.717, 1.165) is 57.4 Å². The van der Waals surface area contributed by atoms with E-state index in [2.05, 4.69) is 15.2 Å². The van der Waals surface area contributed by atoms with Gasteiger partial charge in [0.2, 0.25) is 11.8 Å². The van der Waals surface area contributed by atoms with Gasteiger partial charge in [-0.15, -0.1) is 0 Å². The second kappa shape index (κ2) is 8.61. The molecule has 8 nitrogen and oxygen atoms in total. The van der Waals surface area contributed by atoms with Crippen LogP contribution in [0.15, 0.2) is 42.7 Å². The van der Waals surface area contributed by atoms with Gasteiger partial charge in [-0.3, -0.25) is 24.3 Å². The highest BCUT2D eigenvalue weighted by Crippen LogP contribution is 2.40. The monoisotopic (exact) mass is 433 g/mol. The van der Waals surface area contributed by atoms with Crippen molar-refractivity contribution >= 4 is 34.8 Å². The Morgan fingerprint density at radius 2 is 1.72 bits per heavy atom. The minimum absolute atomic E-state index is 0.0142. The summed E-state index contributed by atoms with van der Waals surface area (Å²) in [5.41, 5.74) is 2.76. The molecule has 1 unspecified atom stereocenters. The number of anilines is 3. The summed E-state index contributed by atoms with van der Waals surface area (Å²) in [5, 5.41) is 2.83. The number of benzene rings is 1. The summed E-state index contributed by atoms with van der Waals surface area (Å²) in [6.07, 6.45) is 8.04. The lowest BCUT2D eigenvalue weighted by atomic mass is 9.95. The highest BCUT2D eigenvalue weighted by molar-refractivity contribution is 6.11. The van der Waals surface area contributed by atoms with Crippen LogP contribution < -0.4 is 15.1 Å². The summed E-state index contributed by atoms with van der Waals surface area (Å²) in [7, 11) is 0. The molecular weight excluding hydrogens is 406 g/mol. The third-order valence-electron chi connectivity index (χ3n) is 6.54. The number of piperidine rings is 1. The second-order valence-corrected chi connectivity index (χ2v) is 8.62. The zero-order valence-corrected chi connectivity index (χ0v) is 18.0. The highest BCUT2D eigenvalue weighted by Gasteiger charge is 2.40. The van der Waals surface area contributed by atoms with Gasteiger partial charge in [0.15, 0.2) is 0 Å². The molecule has 5 rings (SSSR count). The summed E-state index contributed by atoms with van der Waals surface area (Å²) in [6, 6.07) is 8.75. The van der Waals surface area contributed by atoms with Gasteiger partial charge < -0.3 is 15.1 Å². The summed E-state index contributed by atoms with van der Waals surface area (Å²) in [6.45, 7) is 2.24. The first-order valence-electron chi connectivity index (χ1n) is 11.3. The van der Waals surface area contributed by atoms with Crippen molar-refractivity contribution < 1.29 is 14.4 Å². The Bertz CT molecular complexity index is 1040. The van der Waals surface area contributed by atoms with E-state index in [1.807, 2.05) is 17.0 Å². The fraction of sp³-hybridized carbons (Fsp3) is 0.417. The van der Waals surface area contributed by atoms with E-state index in [9.17, 15) is 14.4 Å². The lowest BCUT2D eigenvalue weighted by Gasteiger charge is -2.45. The smallest absolute Gasteiger partial charge is 0.253 e. The normalized spacial score (nSPS) is 20.1. The fourth-order valence-electron chi connectivity index (χ4n) is 4.94. The number of pyridine rings is 1. The molecule has 1 aromatic heterocycles. The first kappa shape index (κ1) is 20.5. The van der Waals surface area contributed by atoms with E-state index in [1.54, 1.807) is 35.5 Å². The van der Waals surface area contributed by atoms with Crippen molar-refractivity contribution in [3.05, 3.63) is 48.3 Å². The van der Waals surface area contributed by atoms with Crippen LogP contribution in [0.3, 0.4) is 0 Å². The quantitative estimate of drug-likeness (QED) is 0.801. The zero-order valence-electron chi connectivity index (χ0n) is 18.0. The molecule has 0 aliphatic carbocycles. The number of fused-ring (bicyclic) bond motifs is 3. The summed E-state index contributed by atoms with van der Waals surface area (Å²) in [4.78, 5) is 48.8. The Balaban J connectivity index is 1.46. The molecule has 2 fully saturated rings. The van der Waals surface area contributed by atoms with Crippen molar-refractivity contribution in [1.82, 2.24) is 9.88 Å². The Labute approximate surface area is 187 Å². The van der Waals surface area contributed by atoms with Crippen LogP contribution in [-0.4, -0.2) is 59.8 Å². The SMILES string of the molecule is O=C(CN1C(=O)C2CCCCN2c2ccc(C(=O)N3CCCC3)cc21)Nc1ccncc1. The van der Waals surface area contributed by atoms with Crippen LogP contribution in [-0.2, 0) is 9.59 Å².